The lowest BCUT2D eigenvalue weighted by Gasteiger charge is -2.24. The van der Waals surface area contributed by atoms with Crippen LogP contribution in [0, 0.1) is 55.4 Å². The van der Waals surface area contributed by atoms with E-state index in [1.165, 1.54) is 54.6 Å². The van der Waals surface area contributed by atoms with Crippen LogP contribution in [0.4, 0.5) is 0 Å². The molecule has 15 nitrogen and oxygen atoms in total. The zero-order valence-corrected chi connectivity index (χ0v) is 64.1. The lowest BCUT2D eigenvalue weighted by molar-refractivity contribution is 0.443. The third kappa shape index (κ3) is 14.0. The minimum absolute atomic E-state index is 0.219. The first-order chi connectivity index (χ1) is 52.6. The number of aryl methyl sites for hydroxylation is 8. The topological polar surface area (TPSA) is 190 Å². The Balaban J connectivity index is 0.0000000998. The lowest BCUT2D eigenvalue weighted by atomic mass is 9.83. The van der Waals surface area contributed by atoms with Crippen LogP contribution in [0.25, 0.3) is 137 Å². The summed E-state index contributed by atoms with van der Waals surface area (Å²) in [5, 5.41) is 6.94. The summed E-state index contributed by atoms with van der Waals surface area (Å²) >= 11 is 7.05. The molecule has 0 atom stereocenters. The molecule has 0 radical (unpaired) electrons. The second-order valence-electron chi connectivity index (χ2n) is 26.5. The van der Waals surface area contributed by atoms with Gasteiger partial charge in [-0.2, -0.15) is 9.97 Å². The predicted octanol–water partition coefficient (Wildman–Crippen LogP) is 24.4. The molecule has 19 heteroatoms. The molecule has 0 saturated heterocycles. The van der Waals surface area contributed by atoms with Gasteiger partial charge in [0.1, 0.15) is 51.7 Å². The van der Waals surface area contributed by atoms with E-state index in [1.807, 2.05) is 176 Å². The van der Waals surface area contributed by atoms with Crippen molar-refractivity contribution in [1.29, 1.82) is 0 Å². The Bertz CT molecular complexity index is 6770. The third-order valence-electron chi connectivity index (χ3n) is 18.5. The van der Waals surface area contributed by atoms with Crippen molar-refractivity contribution >= 4 is 171 Å². The van der Waals surface area contributed by atoms with Gasteiger partial charge >= 0.3 is 6.01 Å². The molecule has 21 aromatic rings. The van der Waals surface area contributed by atoms with Gasteiger partial charge in [0.15, 0.2) is 17.0 Å². The van der Waals surface area contributed by atoms with E-state index in [0.717, 1.165) is 145 Å². The van der Waals surface area contributed by atoms with Crippen molar-refractivity contribution in [3.63, 3.8) is 0 Å². The number of para-hydroxylation sites is 3. The van der Waals surface area contributed by atoms with Gasteiger partial charge in [-0.15, -0.1) is 45.3 Å². The summed E-state index contributed by atoms with van der Waals surface area (Å²) in [6.45, 7) is 20.3. The fourth-order valence-corrected chi connectivity index (χ4v) is 17.5. The van der Waals surface area contributed by atoms with E-state index in [2.05, 4.69) is 180 Å². The molecule has 0 saturated carbocycles. The van der Waals surface area contributed by atoms with Gasteiger partial charge in [-0.05, 0) is 135 Å². The number of thiophene rings is 4. The summed E-state index contributed by atoms with van der Waals surface area (Å²) in [5.41, 5.74) is 17.3. The number of aromatic nitrogens is 12. The molecule has 0 amide bonds. The first kappa shape index (κ1) is 70.1. The van der Waals surface area contributed by atoms with E-state index >= 15 is 0 Å². The van der Waals surface area contributed by atoms with Crippen LogP contribution in [0.1, 0.15) is 71.0 Å². The number of furan rings is 2. The molecule has 0 bridgehead atoms. The Morgan fingerprint density at radius 3 is 1.19 bits per heavy atom. The molecule has 528 valence electrons. The summed E-state index contributed by atoms with van der Waals surface area (Å²) in [4.78, 5) is 54.3. The normalized spacial score (nSPS) is 11.4. The average molecular weight is 1480 g/mol. The SMILES string of the molecule is Cc1nc(-c2ccccc2)nc2c1oc1ccccc12.Cc1nc(C(C)(C)c2ccccc2)nc2c1sc1ccccc12.Cc1nc(C)c2sc3ccccc3c2n1.Cc1nc(C)c2sc3ccccc3c2n1.Cc1nc(Oc2ccccc2)nc2c1sc1ccccc12.Cc1ncnc2c1oc1ccccc12. The van der Waals surface area contributed by atoms with Gasteiger partial charge in [0, 0.05) is 62.1 Å². The van der Waals surface area contributed by atoms with Gasteiger partial charge in [0.2, 0.25) is 0 Å². The minimum Gasteiger partial charge on any atom is -0.452 e. The van der Waals surface area contributed by atoms with Crippen LogP contribution in [0.5, 0.6) is 11.8 Å². The maximum absolute atomic E-state index is 5.85. The Labute approximate surface area is 637 Å². The van der Waals surface area contributed by atoms with Crippen LogP contribution in [0.2, 0.25) is 0 Å². The standard InChI is InChI=1S/C20H18N2S.C17H12N2OS.C17H12N2O.2C12H10N2S.C11H8N2O/c1-13-18-17(15-11-7-8-12-16(15)23-18)22-19(21-13)20(2,3)14-9-5-4-6-10-14;1-11-16-15(13-9-5-6-10-14(13)21-16)19-17(18-11)20-12-7-3-2-4-8-12;1-11-16-15(13-9-5-6-10-14(13)20-16)19-17(18-11)12-7-3-2-4-8-12;2*1-7-12-11(14-8(2)13-7)9-5-3-4-6-10(9)15-12;1-7-11-10(13-6-12-7)8-4-2-3-5-9(8)14-11/h4-12H,1-3H3;2-10H,1H3;2-10H,1H3;2*3-6H,1-2H3;2-6H,1H3. The Morgan fingerprint density at radius 1 is 0.306 bits per heavy atom. The fraction of sp³-hybridized carbons (Fsp3) is 0.124. The molecule has 9 aromatic carbocycles. The summed E-state index contributed by atoms with van der Waals surface area (Å²) in [6.07, 6.45) is 1.57. The number of nitrogens with zero attached hydrogens (tertiary/aromatic N) is 12. The molecule has 0 spiro atoms. The van der Waals surface area contributed by atoms with Crippen LogP contribution >= 0.6 is 45.3 Å². The molecule has 108 heavy (non-hydrogen) atoms. The number of rotatable bonds is 5. The zero-order chi connectivity index (χ0) is 74.2. The van der Waals surface area contributed by atoms with E-state index in [0.29, 0.717) is 6.01 Å². The van der Waals surface area contributed by atoms with E-state index in [4.69, 9.17) is 23.5 Å². The molecule has 0 aliphatic carbocycles. The van der Waals surface area contributed by atoms with Crippen LogP contribution < -0.4 is 4.74 Å². The van der Waals surface area contributed by atoms with Crippen LogP contribution in [-0.2, 0) is 5.41 Å². The highest BCUT2D eigenvalue weighted by atomic mass is 32.1. The Hall–Kier alpha value is -12.3. The molecule has 0 aliphatic heterocycles. The molecule has 21 rings (SSSR count). The number of benzene rings is 9. The average Bonchev–Trinajstić information content (AvgIpc) is 1.61. The molecule has 0 fully saturated rings. The molecular weight excluding hydrogens is 1410 g/mol. The van der Waals surface area contributed by atoms with E-state index in [1.54, 1.807) is 51.7 Å². The number of hydrogen-bond acceptors (Lipinski definition) is 19. The monoisotopic (exact) mass is 1480 g/mol. The first-order valence-electron chi connectivity index (χ1n) is 35.2. The van der Waals surface area contributed by atoms with Gasteiger partial charge in [-0.1, -0.05) is 176 Å². The molecular formula is C89H70N12O3S4. The zero-order valence-electron chi connectivity index (χ0n) is 60.8. The molecule has 0 N–H and O–H groups in total. The second kappa shape index (κ2) is 29.9. The minimum atomic E-state index is -0.219. The van der Waals surface area contributed by atoms with Gasteiger partial charge in [-0.3, -0.25) is 0 Å². The van der Waals surface area contributed by atoms with Crippen LogP contribution in [0.15, 0.2) is 252 Å². The summed E-state index contributed by atoms with van der Waals surface area (Å²) in [7, 11) is 0. The van der Waals surface area contributed by atoms with Crippen molar-refractivity contribution in [1.82, 2.24) is 59.8 Å². The number of hydrogen-bond donors (Lipinski definition) is 0. The van der Waals surface area contributed by atoms with Gasteiger partial charge in [0.25, 0.3) is 0 Å². The Kier molecular flexibility index (Phi) is 19.4. The quantitative estimate of drug-likeness (QED) is 0.158. The summed E-state index contributed by atoms with van der Waals surface area (Å²) in [5.74, 6) is 4.07. The maximum atomic E-state index is 5.85. The van der Waals surface area contributed by atoms with Gasteiger partial charge in [-0.25, -0.2) is 49.8 Å². The van der Waals surface area contributed by atoms with Gasteiger partial charge in [0.05, 0.1) is 75.0 Å². The predicted molar refractivity (Wildman–Crippen MR) is 447 cm³/mol. The second-order valence-corrected chi connectivity index (χ2v) is 30.7. The van der Waals surface area contributed by atoms with Crippen LogP contribution in [0.3, 0.4) is 0 Å². The van der Waals surface area contributed by atoms with Crippen LogP contribution in [-0.4, -0.2) is 59.8 Å². The third-order valence-corrected chi connectivity index (χ3v) is 23.6. The van der Waals surface area contributed by atoms with E-state index in [9.17, 15) is 0 Å². The van der Waals surface area contributed by atoms with Crippen molar-refractivity contribution in [2.45, 2.75) is 74.7 Å². The highest BCUT2D eigenvalue weighted by Gasteiger charge is 2.28. The van der Waals surface area contributed by atoms with E-state index < -0.39 is 0 Å². The highest BCUT2D eigenvalue weighted by molar-refractivity contribution is 7.27. The summed E-state index contributed by atoms with van der Waals surface area (Å²) in [6, 6.07) is 79.8. The van der Waals surface area contributed by atoms with Crippen molar-refractivity contribution in [2.75, 3.05) is 0 Å². The van der Waals surface area contributed by atoms with Crippen molar-refractivity contribution in [2.24, 2.45) is 0 Å². The molecule has 12 aromatic heterocycles. The largest absolute Gasteiger partial charge is 0.452 e. The molecule has 12 heterocycles. The number of ether oxygens (including phenoxy) is 1. The van der Waals surface area contributed by atoms with Crippen molar-refractivity contribution in [3.05, 3.63) is 300 Å². The molecule has 0 aliphatic rings. The van der Waals surface area contributed by atoms with Crippen molar-refractivity contribution < 1.29 is 13.6 Å². The fourth-order valence-electron chi connectivity index (χ4n) is 13.2. The highest BCUT2D eigenvalue weighted by Crippen LogP contribution is 2.40. The summed E-state index contributed by atoms with van der Waals surface area (Å²) < 4.78 is 27.1. The smallest absolute Gasteiger partial charge is 0.322 e. The Morgan fingerprint density at radius 2 is 0.694 bits per heavy atom. The molecule has 0 unspecified atom stereocenters. The van der Waals surface area contributed by atoms with Crippen molar-refractivity contribution in [3.8, 4) is 23.1 Å². The maximum Gasteiger partial charge on any atom is 0.322 e. The van der Waals surface area contributed by atoms with Gasteiger partial charge < -0.3 is 13.6 Å². The van der Waals surface area contributed by atoms with E-state index in [-0.39, 0.29) is 5.41 Å². The first-order valence-corrected chi connectivity index (χ1v) is 38.5. The number of fused-ring (bicyclic) bond motifs is 18. The lowest BCUT2D eigenvalue weighted by Crippen LogP contribution is -2.22.